The van der Waals surface area contributed by atoms with Crippen molar-refractivity contribution >= 4 is 36.8 Å². The van der Waals surface area contributed by atoms with Gasteiger partial charge in [-0.2, -0.15) is 27.2 Å². The molecule has 0 amide bonds. The van der Waals surface area contributed by atoms with Crippen LogP contribution in [0.25, 0.3) is 5.52 Å². The molecule has 0 radical (unpaired) electrons. The number of anilines is 1. The second-order valence-corrected chi connectivity index (χ2v) is 12.2. The highest BCUT2D eigenvalue weighted by molar-refractivity contribution is 7.98. The predicted molar refractivity (Wildman–Crippen MR) is 152 cm³/mol. The van der Waals surface area contributed by atoms with Crippen molar-refractivity contribution in [3.05, 3.63) is 54.5 Å². The molecule has 0 spiro atoms. The molecule has 13 nitrogen and oxygen atoms in total. The monoisotopic (exact) mass is 622 g/mol. The van der Waals surface area contributed by atoms with Crippen LogP contribution < -0.4 is 15.3 Å². The van der Waals surface area contributed by atoms with Crippen LogP contribution in [0, 0.1) is 11.3 Å². The molecule has 3 aromatic rings. The number of nitrogens with two attached hydrogens (primary N) is 1. The molecule has 4 rings (SSSR count). The molecule has 3 heterocycles. The number of halogens is 1. The van der Waals surface area contributed by atoms with E-state index in [1.165, 1.54) is 40.5 Å². The fraction of sp³-hybridized carbons (Fsp3) is 0.462. The number of alkyl halides is 1. The van der Waals surface area contributed by atoms with Gasteiger partial charge in [0, 0.05) is 0 Å². The number of esters is 1. The lowest BCUT2D eigenvalue weighted by Crippen LogP contribution is -2.48. The molecule has 0 saturated carbocycles. The number of thioether (sulfide) groups is 1. The third-order valence-electron chi connectivity index (χ3n) is 6.80. The molecule has 1 saturated heterocycles. The van der Waals surface area contributed by atoms with Crippen molar-refractivity contribution in [2.75, 3.05) is 31.0 Å². The van der Waals surface area contributed by atoms with Crippen LogP contribution in [0.5, 0.6) is 5.75 Å². The highest BCUT2D eigenvalue weighted by Gasteiger charge is 2.67. The lowest BCUT2D eigenvalue weighted by atomic mass is 9.82. The zero-order valence-electron chi connectivity index (χ0n) is 23.2. The van der Waals surface area contributed by atoms with Gasteiger partial charge in [-0.15, -0.1) is 0 Å². The van der Waals surface area contributed by atoms with E-state index in [1.54, 1.807) is 25.1 Å². The van der Waals surface area contributed by atoms with Gasteiger partial charge in [-0.1, -0.05) is 18.2 Å². The van der Waals surface area contributed by atoms with Gasteiger partial charge in [-0.25, -0.2) is 18.5 Å². The Morgan fingerprint density at radius 1 is 1.38 bits per heavy atom. The first-order valence-corrected chi connectivity index (χ1v) is 15.9. The summed E-state index contributed by atoms with van der Waals surface area (Å²) in [6.07, 6.45) is -0.184. The van der Waals surface area contributed by atoms with E-state index in [0.717, 1.165) is 13.3 Å². The van der Waals surface area contributed by atoms with Gasteiger partial charge in [0.2, 0.25) is 5.60 Å². The molecular formula is C26H32FN6O7PS. The summed E-state index contributed by atoms with van der Waals surface area (Å²) < 4.78 is 54.0. The number of rotatable bonds is 13. The quantitative estimate of drug-likeness (QED) is 0.187. The number of carbonyl (C=O) groups excluding carboxylic acids is 1. The summed E-state index contributed by atoms with van der Waals surface area (Å²) in [7, 11) is -4.39. The minimum absolute atomic E-state index is 0.0399. The van der Waals surface area contributed by atoms with E-state index in [1.807, 2.05) is 12.3 Å². The Bertz CT molecular complexity index is 1490. The summed E-state index contributed by atoms with van der Waals surface area (Å²) in [5.41, 5.74) is 1.11. The molecule has 0 bridgehead atoms. The molecule has 2 aromatic heterocycles. The van der Waals surface area contributed by atoms with Crippen LogP contribution in [0.15, 0.2) is 48.8 Å². The van der Waals surface area contributed by atoms with Crippen molar-refractivity contribution in [1.29, 1.82) is 5.26 Å². The van der Waals surface area contributed by atoms with Crippen molar-refractivity contribution in [1.82, 2.24) is 19.7 Å². The summed E-state index contributed by atoms with van der Waals surface area (Å²) in [6.45, 7) is 2.07. The molecule has 226 valence electrons. The number of carbonyl (C=O) groups is 1. The van der Waals surface area contributed by atoms with E-state index in [9.17, 15) is 19.7 Å². The molecule has 1 aliphatic rings. The summed E-state index contributed by atoms with van der Waals surface area (Å²) >= 11 is 1.47. The molecular weight excluding hydrogens is 590 g/mol. The van der Waals surface area contributed by atoms with Gasteiger partial charge in [-0.3, -0.25) is 9.32 Å². The number of aliphatic hydroxyl groups excluding tert-OH is 1. The van der Waals surface area contributed by atoms with Crippen LogP contribution in [-0.4, -0.2) is 74.8 Å². The Morgan fingerprint density at radius 2 is 2.12 bits per heavy atom. The van der Waals surface area contributed by atoms with Crippen LogP contribution >= 0.6 is 19.5 Å². The number of hydrogen-bond acceptors (Lipinski definition) is 12. The summed E-state index contributed by atoms with van der Waals surface area (Å²) in [6, 6.07) is 11.8. The third-order valence-corrected chi connectivity index (χ3v) is 9.01. The van der Waals surface area contributed by atoms with Gasteiger partial charge < -0.3 is 24.8 Å². The van der Waals surface area contributed by atoms with Gasteiger partial charge in [0.05, 0.1) is 18.9 Å². The first-order chi connectivity index (χ1) is 20.0. The highest BCUT2D eigenvalue weighted by atomic mass is 32.2. The van der Waals surface area contributed by atoms with Gasteiger partial charge in [-0.05, 0) is 56.5 Å². The molecule has 42 heavy (non-hydrogen) atoms. The average molecular weight is 623 g/mol. The third kappa shape index (κ3) is 6.10. The number of benzene rings is 1. The van der Waals surface area contributed by atoms with Gasteiger partial charge >= 0.3 is 13.7 Å². The minimum Gasteiger partial charge on any atom is -0.465 e. The second kappa shape index (κ2) is 12.9. The number of aliphatic hydroxyl groups is 1. The lowest BCUT2D eigenvalue weighted by molar-refractivity contribution is -0.145. The van der Waals surface area contributed by atoms with E-state index in [2.05, 4.69) is 15.2 Å². The predicted octanol–water partition coefficient (Wildman–Crippen LogP) is 3.00. The number of nitrogens with zero attached hydrogens (tertiary/aromatic N) is 4. The largest absolute Gasteiger partial charge is 0.465 e. The van der Waals surface area contributed by atoms with Crippen LogP contribution in [0.4, 0.5) is 10.2 Å². The molecule has 1 aliphatic heterocycles. The number of hydrogen-bond donors (Lipinski definition) is 3. The Morgan fingerprint density at radius 3 is 2.79 bits per heavy atom. The smallest absolute Gasteiger partial charge is 0.459 e. The van der Waals surface area contributed by atoms with Crippen molar-refractivity contribution in [3.63, 3.8) is 0 Å². The van der Waals surface area contributed by atoms with Gasteiger partial charge in [0.15, 0.2) is 11.5 Å². The van der Waals surface area contributed by atoms with E-state index in [-0.39, 0.29) is 30.3 Å². The van der Waals surface area contributed by atoms with Crippen molar-refractivity contribution in [2.45, 2.75) is 49.8 Å². The average Bonchev–Trinajstić information content (AvgIpc) is 3.49. The van der Waals surface area contributed by atoms with Crippen molar-refractivity contribution < 1.29 is 37.4 Å². The number of nitrogen functional groups attached to an aromatic ring is 1. The zero-order chi connectivity index (χ0) is 30.5. The number of fused-ring (bicyclic) bond motifs is 1. The fourth-order valence-corrected chi connectivity index (χ4v) is 6.61. The number of nitrogens with one attached hydrogen (secondary N) is 1. The summed E-state index contributed by atoms with van der Waals surface area (Å²) in [5, 5.41) is 28.0. The SMILES string of the molecule is CCOC(=O)[C@H](CCSC)NP(=O)(OC[C@H]1O[C@@](C#N)(c2ccc3c(N)ncnn23)[C@](C)(F)[C@@H]1O)Oc1ccccc1. The van der Waals surface area contributed by atoms with Crippen LogP contribution in [0.2, 0.25) is 0 Å². The Labute approximate surface area is 246 Å². The van der Waals surface area contributed by atoms with E-state index in [4.69, 9.17) is 24.3 Å². The zero-order valence-corrected chi connectivity index (χ0v) is 24.9. The fourth-order valence-electron chi connectivity index (χ4n) is 4.60. The van der Waals surface area contributed by atoms with Gasteiger partial charge in [0.1, 0.15) is 41.9 Å². The lowest BCUT2D eigenvalue weighted by Gasteiger charge is -2.30. The topological polar surface area (TPSA) is 183 Å². The first kappa shape index (κ1) is 31.7. The molecule has 0 aliphatic carbocycles. The van der Waals surface area contributed by atoms with Crippen molar-refractivity contribution in [3.8, 4) is 11.8 Å². The minimum atomic E-state index is -4.39. The van der Waals surface area contributed by atoms with E-state index < -0.39 is 49.8 Å². The molecule has 1 fully saturated rings. The maximum Gasteiger partial charge on any atom is 0.459 e. The maximum absolute atomic E-state index is 16.4. The Kier molecular flexibility index (Phi) is 9.77. The Balaban J connectivity index is 1.64. The standard InChI is InChI=1S/C26H32FN6O7PS/c1-4-37-24(35)18(12-13-42-3)32-41(36,40-17-8-6-5-7-9-17)38-14-20-22(34)25(2,27)26(15-28,39-20)21-11-10-19-23(29)30-16-31-33(19)21/h5-11,16,18,20,22,34H,4,12-14H2,1-3H3,(H,32,36)(H2,29,30,31)/t18-,20+,22+,25+,26-,41?/m0/s1. The second-order valence-electron chi connectivity index (χ2n) is 9.54. The molecule has 6 atom stereocenters. The summed E-state index contributed by atoms with van der Waals surface area (Å²) in [5.74, 6) is 0.111. The molecule has 1 aromatic carbocycles. The molecule has 16 heteroatoms. The van der Waals surface area contributed by atoms with Crippen LogP contribution in [0.3, 0.4) is 0 Å². The number of nitriles is 1. The van der Waals surface area contributed by atoms with Crippen LogP contribution in [0.1, 0.15) is 26.0 Å². The summed E-state index contributed by atoms with van der Waals surface area (Å²) in [4.78, 5) is 16.6. The number of aromatic nitrogens is 3. The molecule has 4 N–H and O–H groups in total. The van der Waals surface area contributed by atoms with Crippen molar-refractivity contribution in [2.24, 2.45) is 0 Å². The number of para-hydroxylation sites is 1. The normalized spacial score (nSPS) is 25.9. The number of ether oxygens (including phenoxy) is 2. The van der Waals surface area contributed by atoms with E-state index in [0.29, 0.717) is 11.3 Å². The van der Waals surface area contributed by atoms with Gasteiger partial charge in [0.25, 0.3) is 0 Å². The molecule has 1 unspecified atom stereocenters. The highest BCUT2D eigenvalue weighted by Crippen LogP contribution is 2.52. The first-order valence-electron chi connectivity index (χ1n) is 13.0. The van der Waals surface area contributed by atoms with Crippen LogP contribution in [-0.2, 0) is 29.0 Å². The Hall–Kier alpha value is -3.25. The van der Waals surface area contributed by atoms with E-state index >= 15 is 4.39 Å². The maximum atomic E-state index is 16.4.